The molecule has 0 radical (unpaired) electrons. The van der Waals surface area contributed by atoms with E-state index in [0.717, 1.165) is 32.5 Å². The predicted molar refractivity (Wildman–Crippen MR) is 72.8 cm³/mol. The van der Waals surface area contributed by atoms with Gasteiger partial charge in [0.2, 0.25) is 0 Å². The minimum Gasteiger partial charge on any atom is -0.352 e. The molecule has 0 spiro atoms. The summed E-state index contributed by atoms with van der Waals surface area (Å²) < 4.78 is 1.70. The molecular weight excluding hydrogens is 228 g/mol. The van der Waals surface area contributed by atoms with E-state index in [1.807, 2.05) is 6.92 Å². The van der Waals surface area contributed by atoms with Crippen molar-refractivity contribution in [2.75, 3.05) is 24.5 Å². The van der Waals surface area contributed by atoms with Crippen LogP contribution in [0.3, 0.4) is 0 Å². The van der Waals surface area contributed by atoms with Crippen molar-refractivity contribution in [1.29, 1.82) is 0 Å². The van der Waals surface area contributed by atoms with Crippen molar-refractivity contribution in [3.63, 3.8) is 0 Å². The van der Waals surface area contributed by atoms with E-state index in [9.17, 15) is 4.79 Å². The van der Waals surface area contributed by atoms with Crippen LogP contribution in [-0.4, -0.2) is 29.2 Å². The molecule has 1 fully saturated rings. The van der Waals surface area contributed by atoms with Crippen LogP contribution in [0.25, 0.3) is 0 Å². The number of nitrogens with two attached hydrogens (primary N) is 1. The standard InChI is InChI=1S/C13H22N4O/c1-2-16-9-7-15-12(13(16)18)17-8-3-4-11(10-17)5-6-14/h7,9,11H,2-6,8,10,14H2,1H3. The van der Waals surface area contributed by atoms with Crippen molar-refractivity contribution in [2.45, 2.75) is 32.7 Å². The molecule has 1 saturated heterocycles. The minimum atomic E-state index is 0.0217. The molecule has 2 heterocycles. The van der Waals surface area contributed by atoms with Gasteiger partial charge in [-0.25, -0.2) is 4.98 Å². The lowest BCUT2D eigenvalue weighted by Gasteiger charge is -2.33. The fourth-order valence-electron chi connectivity index (χ4n) is 2.63. The molecule has 0 aromatic carbocycles. The average Bonchev–Trinajstić information content (AvgIpc) is 2.40. The number of aryl methyl sites for hydroxylation is 1. The van der Waals surface area contributed by atoms with Crippen molar-refractivity contribution < 1.29 is 0 Å². The Morgan fingerprint density at radius 1 is 1.56 bits per heavy atom. The van der Waals surface area contributed by atoms with Crippen LogP contribution in [0.1, 0.15) is 26.2 Å². The second kappa shape index (κ2) is 6.00. The highest BCUT2D eigenvalue weighted by Crippen LogP contribution is 2.21. The summed E-state index contributed by atoms with van der Waals surface area (Å²) in [7, 11) is 0. The Kier molecular flexibility index (Phi) is 4.36. The van der Waals surface area contributed by atoms with E-state index in [-0.39, 0.29) is 5.56 Å². The Balaban J connectivity index is 2.18. The zero-order valence-electron chi connectivity index (χ0n) is 11.0. The minimum absolute atomic E-state index is 0.0217. The molecule has 5 heteroatoms. The van der Waals surface area contributed by atoms with E-state index < -0.39 is 0 Å². The molecule has 2 rings (SSSR count). The summed E-state index contributed by atoms with van der Waals surface area (Å²) in [5, 5.41) is 0. The SMILES string of the molecule is CCn1ccnc(N2CCCC(CCN)C2)c1=O. The molecule has 1 unspecified atom stereocenters. The van der Waals surface area contributed by atoms with E-state index >= 15 is 0 Å². The molecule has 1 aromatic heterocycles. The molecule has 1 aromatic rings. The fraction of sp³-hybridized carbons (Fsp3) is 0.692. The van der Waals surface area contributed by atoms with E-state index in [1.54, 1.807) is 17.0 Å². The summed E-state index contributed by atoms with van der Waals surface area (Å²) in [6.07, 6.45) is 6.82. The maximum atomic E-state index is 12.2. The summed E-state index contributed by atoms with van der Waals surface area (Å²) >= 11 is 0. The lowest BCUT2D eigenvalue weighted by atomic mass is 9.95. The molecule has 5 nitrogen and oxygen atoms in total. The summed E-state index contributed by atoms with van der Waals surface area (Å²) in [6, 6.07) is 0. The number of nitrogens with zero attached hydrogens (tertiary/aromatic N) is 3. The zero-order chi connectivity index (χ0) is 13.0. The number of piperidine rings is 1. The summed E-state index contributed by atoms with van der Waals surface area (Å²) in [5.74, 6) is 1.20. The monoisotopic (exact) mass is 250 g/mol. The zero-order valence-corrected chi connectivity index (χ0v) is 11.0. The van der Waals surface area contributed by atoms with Gasteiger partial charge in [-0.1, -0.05) is 0 Å². The molecular formula is C13H22N4O. The first-order valence-corrected chi connectivity index (χ1v) is 6.76. The summed E-state index contributed by atoms with van der Waals surface area (Å²) in [4.78, 5) is 18.6. The number of anilines is 1. The Morgan fingerprint density at radius 2 is 2.39 bits per heavy atom. The third kappa shape index (κ3) is 2.72. The molecule has 0 saturated carbocycles. The predicted octanol–water partition coefficient (Wildman–Crippen LogP) is 0.828. The third-order valence-corrected chi connectivity index (χ3v) is 3.63. The topological polar surface area (TPSA) is 64.2 Å². The lowest BCUT2D eigenvalue weighted by molar-refractivity contribution is 0.393. The number of rotatable bonds is 4. The van der Waals surface area contributed by atoms with Gasteiger partial charge in [0.05, 0.1) is 0 Å². The molecule has 100 valence electrons. The van der Waals surface area contributed by atoms with Gasteiger partial charge in [-0.2, -0.15) is 0 Å². The second-order valence-corrected chi connectivity index (χ2v) is 4.87. The highest BCUT2D eigenvalue weighted by molar-refractivity contribution is 5.36. The van der Waals surface area contributed by atoms with Gasteiger partial charge in [0.25, 0.3) is 5.56 Å². The van der Waals surface area contributed by atoms with E-state index in [0.29, 0.717) is 18.3 Å². The highest BCUT2D eigenvalue weighted by atomic mass is 16.1. The first-order chi connectivity index (χ1) is 8.76. The van der Waals surface area contributed by atoms with Crippen LogP contribution >= 0.6 is 0 Å². The maximum Gasteiger partial charge on any atom is 0.293 e. The first-order valence-electron chi connectivity index (χ1n) is 6.76. The van der Waals surface area contributed by atoms with Crippen molar-refractivity contribution in [3.8, 4) is 0 Å². The summed E-state index contributed by atoms with van der Waals surface area (Å²) in [5.41, 5.74) is 5.64. The number of hydrogen-bond donors (Lipinski definition) is 1. The van der Waals surface area contributed by atoms with Crippen molar-refractivity contribution in [2.24, 2.45) is 11.7 Å². The van der Waals surface area contributed by atoms with Crippen LogP contribution in [0.15, 0.2) is 17.2 Å². The van der Waals surface area contributed by atoms with E-state index in [2.05, 4.69) is 9.88 Å². The van der Waals surface area contributed by atoms with Gasteiger partial charge in [0.15, 0.2) is 5.82 Å². The quantitative estimate of drug-likeness (QED) is 0.859. The van der Waals surface area contributed by atoms with Crippen molar-refractivity contribution >= 4 is 5.82 Å². The average molecular weight is 250 g/mol. The maximum absolute atomic E-state index is 12.2. The van der Waals surface area contributed by atoms with Crippen LogP contribution in [0.2, 0.25) is 0 Å². The van der Waals surface area contributed by atoms with E-state index in [1.165, 1.54) is 6.42 Å². The molecule has 1 aliphatic rings. The van der Waals surface area contributed by atoms with Crippen LogP contribution < -0.4 is 16.2 Å². The van der Waals surface area contributed by atoms with Crippen molar-refractivity contribution in [1.82, 2.24) is 9.55 Å². The lowest BCUT2D eigenvalue weighted by Crippen LogP contribution is -2.40. The number of hydrogen-bond acceptors (Lipinski definition) is 4. The molecule has 0 bridgehead atoms. The largest absolute Gasteiger partial charge is 0.352 e. The smallest absolute Gasteiger partial charge is 0.293 e. The van der Waals surface area contributed by atoms with Gasteiger partial charge < -0.3 is 15.2 Å². The fourth-order valence-corrected chi connectivity index (χ4v) is 2.63. The second-order valence-electron chi connectivity index (χ2n) is 4.87. The third-order valence-electron chi connectivity index (χ3n) is 3.63. The van der Waals surface area contributed by atoms with Crippen LogP contribution in [0.5, 0.6) is 0 Å². The Labute approximate surface area is 108 Å². The molecule has 2 N–H and O–H groups in total. The number of aromatic nitrogens is 2. The highest BCUT2D eigenvalue weighted by Gasteiger charge is 2.22. The van der Waals surface area contributed by atoms with Crippen LogP contribution in [0.4, 0.5) is 5.82 Å². The van der Waals surface area contributed by atoms with Gasteiger partial charge >= 0.3 is 0 Å². The van der Waals surface area contributed by atoms with Gasteiger partial charge in [-0.3, -0.25) is 4.79 Å². The Morgan fingerprint density at radius 3 is 3.11 bits per heavy atom. The van der Waals surface area contributed by atoms with Gasteiger partial charge in [0.1, 0.15) is 0 Å². The van der Waals surface area contributed by atoms with Crippen molar-refractivity contribution in [3.05, 3.63) is 22.7 Å². The normalized spacial score (nSPS) is 20.1. The summed E-state index contributed by atoms with van der Waals surface area (Å²) in [6.45, 7) is 5.22. The molecule has 0 amide bonds. The van der Waals surface area contributed by atoms with E-state index in [4.69, 9.17) is 5.73 Å². The first kappa shape index (κ1) is 13.1. The Hall–Kier alpha value is -1.36. The van der Waals surface area contributed by atoms with Gasteiger partial charge in [-0.05, 0) is 38.6 Å². The molecule has 0 aliphatic carbocycles. The molecule has 1 atom stereocenters. The van der Waals surface area contributed by atoms with Gasteiger partial charge in [0, 0.05) is 32.0 Å². The molecule has 1 aliphatic heterocycles. The van der Waals surface area contributed by atoms with Gasteiger partial charge in [-0.15, -0.1) is 0 Å². The molecule has 18 heavy (non-hydrogen) atoms. The van der Waals surface area contributed by atoms with Crippen LogP contribution in [0, 0.1) is 5.92 Å². The Bertz CT molecular complexity index is 441. The van der Waals surface area contributed by atoms with Crippen LogP contribution in [-0.2, 0) is 6.54 Å².